The summed E-state index contributed by atoms with van der Waals surface area (Å²) in [6, 6.07) is 6.81. The van der Waals surface area contributed by atoms with Crippen LogP contribution in [0.4, 0.5) is 0 Å². The highest BCUT2D eigenvalue weighted by Crippen LogP contribution is 2.42. The predicted molar refractivity (Wildman–Crippen MR) is 53.4 cm³/mol. The maximum absolute atomic E-state index is 11.0. The summed E-state index contributed by atoms with van der Waals surface area (Å²) in [5.41, 5.74) is 0. The van der Waals surface area contributed by atoms with Crippen LogP contribution in [0.5, 0.6) is 5.95 Å². The van der Waals surface area contributed by atoms with E-state index in [1.54, 1.807) is 24.3 Å². The van der Waals surface area contributed by atoms with Crippen LogP contribution in [0.3, 0.4) is 0 Å². The van der Waals surface area contributed by atoms with Crippen molar-refractivity contribution in [3.63, 3.8) is 0 Å². The van der Waals surface area contributed by atoms with Crippen molar-refractivity contribution in [2.24, 2.45) is 0 Å². The first-order valence-electron chi connectivity index (χ1n) is 4.07. The van der Waals surface area contributed by atoms with Crippen molar-refractivity contribution in [3.05, 3.63) is 30.5 Å². The number of carbonyl (C=O) groups is 1. The summed E-state index contributed by atoms with van der Waals surface area (Å²) >= 11 is 0. The van der Waals surface area contributed by atoms with E-state index in [0.717, 1.165) is 5.39 Å². The van der Waals surface area contributed by atoms with E-state index >= 15 is 0 Å². The third-order valence-corrected chi connectivity index (χ3v) is 2.51. The van der Waals surface area contributed by atoms with Gasteiger partial charge in [-0.3, -0.25) is 4.79 Å². The average Bonchev–Trinajstić information content (AvgIpc) is 2.62. The van der Waals surface area contributed by atoms with Crippen molar-refractivity contribution in [2.45, 2.75) is 0 Å². The first-order valence-corrected chi connectivity index (χ1v) is 5.72. The predicted octanol–water partition coefficient (Wildman–Crippen LogP) is 2.19. The summed E-state index contributed by atoms with van der Waals surface area (Å²) in [4.78, 5) is 19.2. The molecular formula is C9H7O5P. The van der Waals surface area contributed by atoms with Gasteiger partial charge in [0.1, 0.15) is 6.26 Å². The van der Waals surface area contributed by atoms with Gasteiger partial charge in [-0.1, -0.05) is 18.2 Å². The standard InChI is InChI=1S/C9H7O5P/c10-6-15(11,12)14-9-8-4-2-1-3-7(8)5-13-9/h1-6H,(H,11,12). The van der Waals surface area contributed by atoms with Crippen LogP contribution in [0.2, 0.25) is 0 Å². The van der Waals surface area contributed by atoms with Crippen molar-refractivity contribution in [1.82, 2.24) is 0 Å². The number of rotatable bonds is 3. The van der Waals surface area contributed by atoms with Gasteiger partial charge in [-0.25, -0.2) is 4.57 Å². The van der Waals surface area contributed by atoms with Gasteiger partial charge in [-0.2, -0.15) is 0 Å². The Morgan fingerprint density at radius 2 is 2.13 bits per heavy atom. The fourth-order valence-electron chi connectivity index (χ4n) is 1.18. The molecule has 15 heavy (non-hydrogen) atoms. The highest BCUT2D eigenvalue weighted by molar-refractivity contribution is 7.68. The zero-order valence-electron chi connectivity index (χ0n) is 7.49. The number of benzene rings is 1. The third-order valence-electron chi connectivity index (χ3n) is 1.82. The fraction of sp³-hybridized carbons (Fsp3) is 0. The Kier molecular flexibility index (Phi) is 2.34. The Balaban J connectivity index is 2.45. The normalized spacial score (nSPS) is 14.7. The van der Waals surface area contributed by atoms with Gasteiger partial charge in [0, 0.05) is 5.39 Å². The highest BCUT2D eigenvalue weighted by atomic mass is 31.2. The minimum atomic E-state index is -4.24. The Morgan fingerprint density at radius 1 is 1.40 bits per heavy atom. The van der Waals surface area contributed by atoms with Crippen LogP contribution in [0.1, 0.15) is 0 Å². The van der Waals surface area contributed by atoms with E-state index < -0.39 is 7.60 Å². The monoisotopic (exact) mass is 226 g/mol. The Labute approximate surface area is 84.8 Å². The van der Waals surface area contributed by atoms with E-state index in [4.69, 9.17) is 9.31 Å². The van der Waals surface area contributed by atoms with Crippen LogP contribution in [-0.4, -0.2) is 10.9 Å². The molecule has 0 fully saturated rings. The van der Waals surface area contributed by atoms with Crippen molar-refractivity contribution >= 4 is 24.4 Å². The van der Waals surface area contributed by atoms with Crippen LogP contribution in [0.15, 0.2) is 34.9 Å². The zero-order valence-corrected chi connectivity index (χ0v) is 8.39. The summed E-state index contributed by atoms with van der Waals surface area (Å²) in [6.07, 6.45) is 1.38. The van der Waals surface area contributed by atoms with E-state index in [1.165, 1.54) is 6.26 Å². The minimum Gasteiger partial charge on any atom is -0.433 e. The molecule has 2 rings (SSSR count). The topological polar surface area (TPSA) is 76.7 Å². The van der Waals surface area contributed by atoms with Gasteiger partial charge in [0.2, 0.25) is 6.03 Å². The number of carbonyl (C=O) groups excluding carboxylic acids is 1. The summed E-state index contributed by atoms with van der Waals surface area (Å²) in [7, 11) is -4.24. The SMILES string of the molecule is O=CP(=O)(O)Oc1occ2ccccc12. The van der Waals surface area contributed by atoms with Crippen LogP contribution >= 0.6 is 7.60 Å². The van der Waals surface area contributed by atoms with Gasteiger partial charge in [0.15, 0.2) is 0 Å². The van der Waals surface area contributed by atoms with Gasteiger partial charge in [-0.05, 0) is 6.07 Å². The molecule has 78 valence electrons. The Hall–Kier alpha value is -1.58. The smallest absolute Gasteiger partial charge is 0.433 e. The molecule has 2 aromatic rings. The first kappa shape index (κ1) is 9.96. The second-order valence-electron chi connectivity index (χ2n) is 2.87. The molecule has 0 bridgehead atoms. The molecule has 0 saturated carbocycles. The molecule has 1 aromatic heterocycles. The van der Waals surface area contributed by atoms with Crippen LogP contribution in [0.25, 0.3) is 10.8 Å². The van der Waals surface area contributed by atoms with Gasteiger partial charge < -0.3 is 13.8 Å². The second-order valence-corrected chi connectivity index (χ2v) is 4.39. The first-order chi connectivity index (χ1) is 7.12. The fourth-order valence-corrected chi connectivity index (χ4v) is 1.60. The molecule has 1 unspecified atom stereocenters. The van der Waals surface area contributed by atoms with Gasteiger partial charge in [-0.15, -0.1) is 0 Å². The number of hydrogen-bond donors (Lipinski definition) is 1. The van der Waals surface area contributed by atoms with E-state index in [2.05, 4.69) is 4.52 Å². The molecule has 0 amide bonds. The molecule has 1 atom stereocenters. The molecular weight excluding hydrogens is 219 g/mol. The Bertz CT molecular complexity index is 544. The minimum absolute atomic E-state index is 0.122. The Morgan fingerprint density at radius 3 is 2.87 bits per heavy atom. The van der Waals surface area contributed by atoms with Gasteiger partial charge >= 0.3 is 7.60 Å². The van der Waals surface area contributed by atoms with Crippen molar-refractivity contribution < 1.29 is 23.2 Å². The van der Waals surface area contributed by atoms with E-state index in [9.17, 15) is 9.36 Å². The number of fused-ring (bicyclic) bond motifs is 1. The molecule has 0 radical (unpaired) electrons. The van der Waals surface area contributed by atoms with Gasteiger partial charge in [0.25, 0.3) is 5.95 Å². The van der Waals surface area contributed by atoms with E-state index in [-0.39, 0.29) is 12.0 Å². The maximum Gasteiger partial charge on any atom is 0.442 e. The molecule has 1 heterocycles. The molecule has 6 heteroatoms. The molecule has 0 aliphatic rings. The number of hydrogen-bond acceptors (Lipinski definition) is 4. The molecule has 1 aromatic carbocycles. The molecule has 5 nitrogen and oxygen atoms in total. The lowest BCUT2D eigenvalue weighted by molar-refractivity contribution is 0.339. The van der Waals surface area contributed by atoms with Crippen molar-refractivity contribution in [3.8, 4) is 5.95 Å². The van der Waals surface area contributed by atoms with Crippen molar-refractivity contribution in [2.75, 3.05) is 0 Å². The van der Waals surface area contributed by atoms with E-state index in [0.29, 0.717) is 5.39 Å². The van der Waals surface area contributed by atoms with Crippen molar-refractivity contribution in [1.29, 1.82) is 0 Å². The lowest BCUT2D eigenvalue weighted by atomic mass is 10.2. The molecule has 1 N–H and O–H groups in total. The summed E-state index contributed by atoms with van der Waals surface area (Å²) in [5, 5.41) is 1.28. The molecule has 0 aliphatic heterocycles. The maximum atomic E-state index is 11.0. The summed E-state index contributed by atoms with van der Waals surface area (Å²) < 4.78 is 20.5. The summed E-state index contributed by atoms with van der Waals surface area (Å²) in [6.45, 7) is 0. The second kappa shape index (κ2) is 3.53. The number of furan rings is 1. The largest absolute Gasteiger partial charge is 0.442 e. The lowest BCUT2D eigenvalue weighted by Crippen LogP contribution is -1.91. The van der Waals surface area contributed by atoms with E-state index in [1.807, 2.05) is 0 Å². The molecule has 0 saturated heterocycles. The lowest BCUT2D eigenvalue weighted by Gasteiger charge is -2.03. The zero-order chi connectivity index (χ0) is 10.9. The third kappa shape index (κ3) is 1.93. The van der Waals surface area contributed by atoms with Gasteiger partial charge in [0.05, 0.1) is 5.39 Å². The summed E-state index contributed by atoms with van der Waals surface area (Å²) in [5.74, 6) is -0.122. The van der Waals surface area contributed by atoms with Crippen LogP contribution < -0.4 is 4.52 Å². The van der Waals surface area contributed by atoms with Crippen LogP contribution in [0, 0.1) is 0 Å². The quantitative estimate of drug-likeness (QED) is 0.641. The average molecular weight is 226 g/mol. The molecule has 0 spiro atoms. The highest BCUT2D eigenvalue weighted by Gasteiger charge is 2.22. The van der Waals surface area contributed by atoms with Crippen LogP contribution in [-0.2, 0) is 9.36 Å². The molecule has 0 aliphatic carbocycles.